The first-order chi connectivity index (χ1) is 8.43. The summed E-state index contributed by atoms with van der Waals surface area (Å²) in [5.41, 5.74) is 3.70. The second kappa shape index (κ2) is 3.27. The van der Waals surface area contributed by atoms with Gasteiger partial charge in [0.25, 0.3) is 0 Å². The summed E-state index contributed by atoms with van der Waals surface area (Å²) < 4.78 is 5.88. The Morgan fingerprint density at radius 2 is 1.94 bits per heavy atom. The molecular formula is C15H13NO. The summed E-state index contributed by atoms with van der Waals surface area (Å²) >= 11 is 0. The van der Waals surface area contributed by atoms with Crippen LogP contribution in [-0.2, 0) is 6.42 Å². The van der Waals surface area contributed by atoms with Crippen LogP contribution in [0.3, 0.4) is 0 Å². The van der Waals surface area contributed by atoms with Crippen molar-refractivity contribution in [2.75, 3.05) is 6.61 Å². The quantitative estimate of drug-likeness (QED) is 0.618. The molecule has 17 heavy (non-hydrogen) atoms. The predicted molar refractivity (Wildman–Crippen MR) is 69.6 cm³/mol. The third-order valence-corrected chi connectivity index (χ3v) is 3.54. The standard InChI is InChI=1S/C15H13NO/c1-2-6-12-11(5-1)14-13(16-12)8-7-10-4-3-9-17-15(10)14/h1-2,5-8,16H,3-4,9H2. The highest BCUT2D eigenvalue weighted by molar-refractivity contribution is 6.10. The van der Waals surface area contributed by atoms with Crippen molar-refractivity contribution in [3.05, 3.63) is 42.0 Å². The van der Waals surface area contributed by atoms with Crippen LogP contribution < -0.4 is 4.74 Å². The van der Waals surface area contributed by atoms with E-state index in [0.29, 0.717) is 0 Å². The zero-order valence-electron chi connectivity index (χ0n) is 9.49. The third kappa shape index (κ3) is 1.21. The number of para-hydroxylation sites is 1. The van der Waals surface area contributed by atoms with Gasteiger partial charge in [0.1, 0.15) is 5.75 Å². The van der Waals surface area contributed by atoms with Crippen molar-refractivity contribution in [2.45, 2.75) is 12.8 Å². The maximum Gasteiger partial charge on any atom is 0.132 e. The van der Waals surface area contributed by atoms with Crippen molar-refractivity contribution >= 4 is 21.8 Å². The van der Waals surface area contributed by atoms with Crippen molar-refractivity contribution in [1.82, 2.24) is 4.98 Å². The van der Waals surface area contributed by atoms with Gasteiger partial charge in [-0.05, 0) is 30.5 Å². The molecule has 0 saturated heterocycles. The summed E-state index contributed by atoms with van der Waals surface area (Å²) in [5, 5.41) is 2.51. The Kier molecular flexibility index (Phi) is 1.75. The smallest absolute Gasteiger partial charge is 0.132 e. The molecule has 0 unspecified atom stereocenters. The van der Waals surface area contributed by atoms with Gasteiger partial charge in [-0.25, -0.2) is 0 Å². The molecule has 2 heterocycles. The highest BCUT2D eigenvalue weighted by Crippen LogP contribution is 2.37. The number of hydrogen-bond acceptors (Lipinski definition) is 1. The van der Waals surface area contributed by atoms with Crippen molar-refractivity contribution in [3.8, 4) is 5.75 Å². The van der Waals surface area contributed by atoms with Crippen LogP contribution in [-0.4, -0.2) is 11.6 Å². The van der Waals surface area contributed by atoms with E-state index in [1.807, 2.05) is 0 Å². The molecule has 0 radical (unpaired) electrons. The Hall–Kier alpha value is -1.96. The van der Waals surface area contributed by atoms with E-state index in [-0.39, 0.29) is 0 Å². The fraction of sp³-hybridized carbons (Fsp3) is 0.200. The Balaban J connectivity index is 2.20. The van der Waals surface area contributed by atoms with Gasteiger partial charge in [-0.2, -0.15) is 0 Å². The fourth-order valence-corrected chi connectivity index (χ4v) is 2.75. The van der Waals surface area contributed by atoms with Gasteiger partial charge in [0, 0.05) is 16.3 Å². The Morgan fingerprint density at radius 1 is 1.00 bits per heavy atom. The molecule has 4 rings (SSSR count). The molecule has 1 aromatic heterocycles. The van der Waals surface area contributed by atoms with Crippen LogP contribution in [0, 0.1) is 0 Å². The molecule has 0 saturated carbocycles. The van der Waals surface area contributed by atoms with Gasteiger partial charge < -0.3 is 9.72 Å². The van der Waals surface area contributed by atoms with Crippen molar-refractivity contribution < 1.29 is 4.74 Å². The number of ether oxygens (including phenoxy) is 1. The van der Waals surface area contributed by atoms with E-state index in [9.17, 15) is 0 Å². The fourth-order valence-electron chi connectivity index (χ4n) is 2.75. The van der Waals surface area contributed by atoms with E-state index < -0.39 is 0 Å². The topological polar surface area (TPSA) is 25.0 Å². The summed E-state index contributed by atoms with van der Waals surface area (Å²) in [4.78, 5) is 3.45. The highest BCUT2D eigenvalue weighted by atomic mass is 16.5. The number of benzene rings is 2. The Morgan fingerprint density at radius 3 is 2.94 bits per heavy atom. The van der Waals surface area contributed by atoms with Gasteiger partial charge in [0.15, 0.2) is 0 Å². The molecular weight excluding hydrogens is 210 g/mol. The van der Waals surface area contributed by atoms with Crippen LogP contribution in [0.2, 0.25) is 0 Å². The minimum atomic E-state index is 0.839. The van der Waals surface area contributed by atoms with E-state index in [2.05, 4.69) is 41.4 Å². The van der Waals surface area contributed by atoms with Crippen LogP contribution in [0.4, 0.5) is 0 Å². The number of aryl methyl sites for hydroxylation is 1. The third-order valence-electron chi connectivity index (χ3n) is 3.54. The van der Waals surface area contributed by atoms with Crippen LogP contribution in [0.25, 0.3) is 21.8 Å². The minimum absolute atomic E-state index is 0.839. The summed E-state index contributed by atoms with van der Waals surface area (Å²) in [7, 11) is 0. The number of H-pyrrole nitrogens is 1. The van der Waals surface area contributed by atoms with Gasteiger partial charge >= 0.3 is 0 Å². The summed E-state index contributed by atoms with van der Waals surface area (Å²) in [6.45, 7) is 0.839. The summed E-state index contributed by atoms with van der Waals surface area (Å²) in [6, 6.07) is 12.8. The van der Waals surface area contributed by atoms with Gasteiger partial charge in [0.05, 0.1) is 12.1 Å². The number of aromatic nitrogens is 1. The van der Waals surface area contributed by atoms with Gasteiger partial charge in [0.2, 0.25) is 0 Å². The van der Waals surface area contributed by atoms with Crippen molar-refractivity contribution in [3.63, 3.8) is 0 Å². The SMILES string of the molecule is c1ccc2c(c1)[nH]c1ccc3c(c12)OCCC3. The molecule has 3 aromatic rings. The predicted octanol–water partition coefficient (Wildman–Crippen LogP) is 3.65. The largest absolute Gasteiger partial charge is 0.493 e. The van der Waals surface area contributed by atoms with Crippen LogP contribution >= 0.6 is 0 Å². The molecule has 0 aliphatic carbocycles. The molecule has 0 fully saturated rings. The molecule has 0 atom stereocenters. The van der Waals surface area contributed by atoms with Crippen LogP contribution in [0.5, 0.6) is 5.75 Å². The lowest BCUT2D eigenvalue weighted by molar-refractivity contribution is 0.292. The minimum Gasteiger partial charge on any atom is -0.493 e. The number of nitrogens with one attached hydrogen (secondary N) is 1. The van der Waals surface area contributed by atoms with Gasteiger partial charge in [-0.3, -0.25) is 0 Å². The average molecular weight is 223 g/mol. The first-order valence-corrected chi connectivity index (χ1v) is 6.08. The van der Waals surface area contributed by atoms with E-state index >= 15 is 0 Å². The normalized spacial score (nSPS) is 14.8. The second-order valence-electron chi connectivity index (χ2n) is 4.60. The summed E-state index contributed by atoms with van der Waals surface area (Å²) in [5.74, 6) is 1.09. The molecule has 84 valence electrons. The van der Waals surface area contributed by atoms with E-state index in [1.165, 1.54) is 27.4 Å². The van der Waals surface area contributed by atoms with Crippen molar-refractivity contribution in [2.24, 2.45) is 0 Å². The Labute approximate surface area is 99.2 Å². The van der Waals surface area contributed by atoms with Gasteiger partial charge in [-0.15, -0.1) is 0 Å². The van der Waals surface area contributed by atoms with Gasteiger partial charge in [-0.1, -0.05) is 24.3 Å². The Bertz CT molecular complexity index is 711. The summed E-state index contributed by atoms with van der Waals surface area (Å²) in [6.07, 6.45) is 2.26. The maximum absolute atomic E-state index is 5.88. The molecule has 2 heteroatoms. The molecule has 1 aliphatic rings. The zero-order chi connectivity index (χ0) is 11.2. The molecule has 2 nitrogen and oxygen atoms in total. The first-order valence-electron chi connectivity index (χ1n) is 6.08. The first kappa shape index (κ1) is 9.11. The van der Waals surface area contributed by atoms with E-state index in [4.69, 9.17) is 4.74 Å². The maximum atomic E-state index is 5.88. The highest BCUT2D eigenvalue weighted by Gasteiger charge is 2.16. The number of rotatable bonds is 0. The monoisotopic (exact) mass is 223 g/mol. The average Bonchev–Trinajstić information content (AvgIpc) is 2.77. The molecule has 2 aromatic carbocycles. The number of hydrogen-bond donors (Lipinski definition) is 1. The molecule has 0 bridgehead atoms. The van der Waals surface area contributed by atoms with Crippen LogP contribution in [0.15, 0.2) is 36.4 Å². The van der Waals surface area contributed by atoms with Crippen molar-refractivity contribution in [1.29, 1.82) is 0 Å². The zero-order valence-corrected chi connectivity index (χ0v) is 9.49. The number of fused-ring (bicyclic) bond motifs is 5. The molecule has 1 aliphatic heterocycles. The molecule has 1 N–H and O–H groups in total. The molecule has 0 spiro atoms. The van der Waals surface area contributed by atoms with E-state index in [0.717, 1.165) is 25.2 Å². The lowest BCUT2D eigenvalue weighted by Gasteiger charge is -2.17. The molecule has 0 amide bonds. The lowest BCUT2D eigenvalue weighted by Crippen LogP contribution is -2.08. The van der Waals surface area contributed by atoms with Crippen LogP contribution in [0.1, 0.15) is 12.0 Å². The second-order valence-corrected chi connectivity index (χ2v) is 4.60. The van der Waals surface area contributed by atoms with E-state index in [1.54, 1.807) is 0 Å². The lowest BCUT2D eigenvalue weighted by atomic mass is 10.0. The number of aromatic amines is 1.